The molecule has 16 heavy (non-hydrogen) atoms. The van der Waals surface area contributed by atoms with Crippen molar-refractivity contribution in [2.24, 2.45) is 0 Å². The lowest BCUT2D eigenvalue weighted by atomic mass is 10.3. The first kappa shape index (κ1) is 10.2. The fraction of sp³-hybridized carbons (Fsp3) is 0.222. The first-order valence-electron chi connectivity index (χ1n) is 4.64. The molecule has 7 nitrogen and oxygen atoms in total. The van der Waals surface area contributed by atoms with Crippen LogP contribution in [0.3, 0.4) is 0 Å². The van der Waals surface area contributed by atoms with Crippen LogP contribution in [0.1, 0.15) is 18.8 Å². The number of hydrogen-bond donors (Lipinski definition) is 3. The van der Waals surface area contributed by atoms with Gasteiger partial charge in [-0.1, -0.05) is 0 Å². The topological polar surface area (TPSA) is 99.5 Å². The van der Waals surface area contributed by atoms with Gasteiger partial charge in [-0.25, -0.2) is 14.6 Å². The Morgan fingerprint density at radius 2 is 2.44 bits per heavy atom. The van der Waals surface area contributed by atoms with E-state index in [9.17, 15) is 9.59 Å². The van der Waals surface area contributed by atoms with Crippen LogP contribution >= 0.6 is 0 Å². The summed E-state index contributed by atoms with van der Waals surface area (Å²) in [5.41, 5.74) is 0.141. The second kappa shape index (κ2) is 3.69. The molecule has 84 valence electrons. The van der Waals surface area contributed by atoms with Crippen LogP contribution in [0.25, 0.3) is 5.65 Å². The maximum absolute atomic E-state index is 11.5. The van der Waals surface area contributed by atoms with Gasteiger partial charge in [-0.15, -0.1) is 0 Å². The number of rotatable bonds is 2. The number of nitrogens with one attached hydrogen (secondary N) is 2. The van der Waals surface area contributed by atoms with Crippen LogP contribution in [0.2, 0.25) is 0 Å². The van der Waals surface area contributed by atoms with Gasteiger partial charge in [0, 0.05) is 6.20 Å². The van der Waals surface area contributed by atoms with Crippen molar-refractivity contribution >= 4 is 11.7 Å². The van der Waals surface area contributed by atoms with Crippen molar-refractivity contribution in [2.45, 2.75) is 13.0 Å². The molecule has 2 heterocycles. The minimum atomic E-state index is -1.16. The summed E-state index contributed by atoms with van der Waals surface area (Å²) >= 11 is 0. The summed E-state index contributed by atoms with van der Waals surface area (Å²) in [7, 11) is 0. The first-order chi connectivity index (χ1) is 7.58. The Morgan fingerprint density at radius 3 is 3.12 bits per heavy atom. The highest BCUT2D eigenvalue weighted by Gasteiger charge is 2.12. The van der Waals surface area contributed by atoms with Gasteiger partial charge in [0.2, 0.25) is 0 Å². The molecule has 0 aliphatic rings. The smallest absolute Gasteiger partial charge is 0.405 e. The van der Waals surface area contributed by atoms with Gasteiger partial charge in [0.1, 0.15) is 11.5 Å². The average Bonchev–Trinajstić information content (AvgIpc) is 2.64. The molecule has 2 aromatic heterocycles. The molecule has 0 saturated carbocycles. The van der Waals surface area contributed by atoms with Gasteiger partial charge in [0.05, 0.1) is 6.04 Å². The molecule has 2 rings (SSSR count). The Bertz CT molecular complexity index is 586. The Morgan fingerprint density at radius 1 is 1.69 bits per heavy atom. The molecule has 2 aromatic rings. The predicted octanol–water partition coefficient (Wildman–Crippen LogP) is 0.351. The van der Waals surface area contributed by atoms with Crippen LogP contribution in [0.4, 0.5) is 4.79 Å². The fourth-order valence-electron chi connectivity index (χ4n) is 1.41. The minimum absolute atomic E-state index is 0.290. The number of aromatic nitrogens is 3. The molecule has 0 aliphatic carbocycles. The monoisotopic (exact) mass is 222 g/mol. The molecule has 1 atom stereocenters. The lowest BCUT2D eigenvalue weighted by molar-refractivity contribution is 0.190. The standard InChI is InChI=1S/C9H10N4O3/c1-5(10-9(15)16)7-11-6-3-2-4-13(6)8(14)12-7/h2-5,10H,1H3,(H,15,16)(H,11,12,14). The van der Waals surface area contributed by atoms with E-state index in [0.29, 0.717) is 11.5 Å². The number of fused-ring (bicyclic) bond motifs is 1. The number of amides is 1. The second-order valence-corrected chi connectivity index (χ2v) is 3.33. The number of carboxylic acid groups (broad SMARTS) is 1. The molecular formula is C9H10N4O3. The van der Waals surface area contributed by atoms with E-state index in [1.165, 1.54) is 4.40 Å². The lowest BCUT2D eigenvalue weighted by Crippen LogP contribution is -2.29. The molecule has 0 radical (unpaired) electrons. The highest BCUT2D eigenvalue weighted by atomic mass is 16.4. The van der Waals surface area contributed by atoms with E-state index in [1.807, 2.05) is 0 Å². The molecule has 0 bridgehead atoms. The summed E-state index contributed by atoms with van der Waals surface area (Å²) in [6, 6.07) is 2.80. The molecule has 0 spiro atoms. The van der Waals surface area contributed by atoms with Gasteiger partial charge in [-0.2, -0.15) is 0 Å². The quantitative estimate of drug-likeness (QED) is 0.682. The highest BCUT2D eigenvalue weighted by Crippen LogP contribution is 2.06. The van der Waals surface area contributed by atoms with E-state index in [1.54, 1.807) is 25.3 Å². The fourth-order valence-corrected chi connectivity index (χ4v) is 1.41. The molecule has 0 aliphatic heterocycles. The Balaban J connectivity index is 2.45. The van der Waals surface area contributed by atoms with Crippen LogP contribution in [0, 0.1) is 0 Å². The van der Waals surface area contributed by atoms with Gasteiger partial charge >= 0.3 is 11.8 Å². The van der Waals surface area contributed by atoms with Gasteiger partial charge in [0.15, 0.2) is 0 Å². The van der Waals surface area contributed by atoms with Gasteiger partial charge in [0.25, 0.3) is 0 Å². The van der Waals surface area contributed by atoms with Crippen molar-refractivity contribution in [2.75, 3.05) is 0 Å². The maximum Gasteiger partial charge on any atom is 0.405 e. The zero-order chi connectivity index (χ0) is 11.7. The SMILES string of the molecule is CC(NC(=O)O)c1nc2cccn2c(=O)[nH]1. The van der Waals surface area contributed by atoms with E-state index in [-0.39, 0.29) is 5.69 Å². The van der Waals surface area contributed by atoms with E-state index in [2.05, 4.69) is 15.3 Å². The number of nitrogens with zero attached hydrogens (tertiary/aromatic N) is 2. The summed E-state index contributed by atoms with van der Waals surface area (Å²) in [5.74, 6) is 0.290. The van der Waals surface area contributed by atoms with Crippen molar-refractivity contribution in [1.29, 1.82) is 0 Å². The van der Waals surface area contributed by atoms with E-state index in [0.717, 1.165) is 0 Å². The highest BCUT2D eigenvalue weighted by molar-refractivity contribution is 5.64. The summed E-state index contributed by atoms with van der Waals surface area (Å²) in [4.78, 5) is 28.6. The number of H-pyrrole nitrogens is 1. The third kappa shape index (κ3) is 1.74. The molecule has 1 amide bonds. The van der Waals surface area contributed by atoms with E-state index >= 15 is 0 Å². The third-order valence-electron chi connectivity index (χ3n) is 2.17. The average molecular weight is 222 g/mol. The zero-order valence-corrected chi connectivity index (χ0v) is 8.47. The zero-order valence-electron chi connectivity index (χ0n) is 8.47. The van der Waals surface area contributed by atoms with Crippen LogP contribution in [0.5, 0.6) is 0 Å². The van der Waals surface area contributed by atoms with Crippen molar-refractivity contribution in [3.63, 3.8) is 0 Å². The number of hydrogen-bond acceptors (Lipinski definition) is 3. The van der Waals surface area contributed by atoms with Crippen molar-refractivity contribution < 1.29 is 9.90 Å². The Hall–Kier alpha value is -2.31. The number of carbonyl (C=O) groups is 1. The number of aromatic amines is 1. The van der Waals surface area contributed by atoms with Gasteiger partial charge in [-0.3, -0.25) is 9.38 Å². The summed E-state index contributed by atoms with van der Waals surface area (Å²) in [6.45, 7) is 1.60. The Kier molecular flexibility index (Phi) is 2.35. The molecule has 0 saturated heterocycles. The summed E-state index contributed by atoms with van der Waals surface area (Å²) in [5, 5.41) is 10.8. The molecule has 1 unspecified atom stereocenters. The van der Waals surface area contributed by atoms with E-state index in [4.69, 9.17) is 5.11 Å². The first-order valence-corrected chi connectivity index (χ1v) is 4.64. The second-order valence-electron chi connectivity index (χ2n) is 3.33. The molecule has 0 aromatic carbocycles. The van der Waals surface area contributed by atoms with Crippen molar-refractivity contribution in [1.82, 2.24) is 19.7 Å². The van der Waals surface area contributed by atoms with Gasteiger partial charge < -0.3 is 10.4 Å². The molecule has 0 fully saturated rings. The normalized spacial score (nSPS) is 12.6. The summed E-state index contributed by atoms with van der Waals surface area (Å²) < 4.78 is 1.34. The molecular weight excluding hydrogens is 212 g/mol. The van der Waals surface area contributed by atoms with Crippen LogP contribution in [-0.4, -0.2) is 25.6 Å². The van der Waals surface area contributed by atoms with Crippen molar-refractivity contribution in [3.05, 3.63) is 34.6 Å². The van der Waals surface area contributed by atoms with Crippen LogP contribution < -0.4 is 11.0 Å². The minimum Gasteiger partial charge on any atom is -0.465 e. The summed E-state index contributed by atoms with van der Waals surface area (Å²) in [6.07, 6.45) is 0.422. The molecule has 7 heteroatoms. The largest absolute Gasteiger partial charge is 0.465 e. The molecule has 3 N–H and O–H groups in total. The predicted molar refractivity (Wildman–Crippen MR) is 55.4 cm³/mol. The maximum atomic E-state index is 11.5. The lowest BCUT2D eigenvalue weighted by Gasteiger charge is -2.10. The third-order valence-corrected chi connectivity index (χ3v) is 2.17. The Labute approximate surface area is 89.8 Å². The van der Waals surface area contributed by atoms with Crippen LogP contribution in [-0.2, 0) is 0 Å². The van der Waals surface area contributed by atoms with Gasteiger partial charge in [-0.05, 0) is 19.1 Å². The van der Waals surface area contributed by atoms with Crippen LogP contribution in [0.15, 0.2) is 23.1 Å². The van der Waals surface area contributed by atoms with E-state index < -0.39 is 12.1 Å². The van der Waals surface area contributed by atoms with Crippen molar-refractivity contribution in [3.8, 4) is 0 Å².